The number of hydrogen-bond acceptors (Lipinski definition) is 3. The molecule has 0 spiro atoms. The number of hydrazine groups is 1. The minimum absolute atomic E-state index is 0.263. The summed E-state index contributed by atoms with van der Waals surface area (Å²) in [6, 6.07) is 2.26. The summed E-state index contributed by atoms with van der Waals surface area (Å²) in [5, 5.41) is 0. The van der Waals surface area contributed by atoms with Crippen molar-refractivity contribution in [1.29, 1.82) is 0 Å². The fraction of sp³-hybridized carbons (Fsp3) is 0.636. The molecule has 0 aromatic carbocycles. The highest BCUT2D eigenvalue weighted by Crippen LogP contribution is 2.38. The van der Waals surface area contributed by atoms with Crippen LogP contribution in [0.25, 0.3) is 0 Å². The molecule has 78 valence electrons. The van der Waals surface area contributed by atoms with Gasteiger partial charge in [0.05, 0.1) is 18.6 Å². The van der Waals surface area contributed by atoms with Crippen LogP contribution in [0.1, 0.15) is 37.8 Å². The fourth-order valence-electron chi connectivity index (χ4n) is 2.51. The summed E-state index contributed by atoms with van der Waals surface area (Å²) in [6.07, 6.45) is 7.34. The van der Waals surface area contributed by atoms with E-state index in [1.807, 2.05) is 6.07 Å². The van der Waals surface area contributed by atoms with Crippen LogP contribution in [0.3, 0.4) is 0 Å². The molecule has 3 nitrogen and oxygen atoms in total. The Kier molecular flexibility index (Phi) is 2.89. The van der Waals surface area contributed by atoms with Crippen LogP contribution in [0.5, 0.6) is 0 Å². The summed E-state index contributed by atoms with van der Waals surface area (Å²) >= 11 is 0. The van der Waals surface area contributed by atoms with Crippen LogP contribution >= 0.6 is 0 Å². The Morgan fingerprint density at radius 2 is 2.43 bits per heavy atom. The lowest BCUT2D eigenvalue weighted by Gasteiger charge is -2.21. The molecule has 1 aromatic rings. The molecular formula is C11H18N2O. The number of hydrogen-bond donors (Lipinski definition) is 2. The van der Waals surface area contributed by atoms with E-state index in [1.165, 1.54) is 24.8 Å². The monoisotopic (exact) mass is 194 g/mol. The molecule has 3 heteroatoms. The molecule has 0 radical (unpaired) electrons. The second kappa shape index (κ2) is 4.15. The quantitative estimate of drug-likeness (QED) is 0.573. The molecule has 1 saturated carbocycles. The van der Waals surface area contributed by atoms with Crippen molar-refractivity contribution in [3.8, 4) is 0 Å². The van der Waals surface area contributed by atoms with Gasteiger partial charge in [0.1, 0.15) is 0 Å². The maximum absolute atomic E-state index is 5.60. The minimum Gasteiger partial charge on any atom is -0.472 e. The predicted octanol–water partition coefficient (Wildman–Crippen LogP) is 2.22. The van der Waals surface area contributed by atoms with Crippen molar-refractivity contribution in [3.05, 3.63) is 24.2 Å². The molecule has 1 aliphatic carbocycles. The smallest absolute Gasteiger partial charge is 0.0950 e. The predicted molar refractivity (Wildman–Crippen MR) is 55.3 cm³/mol. The highest BCUT2D eigenvalue weighted by atomic mass is 16.3. The van der Waals surface area contributed by atoms with Crippen molar-refractivity contribution >= 4 is 0 Å². The first-order valence-electron chi connectivity index (χ1n) is 5.29. The minimum atomic E-state index is 0.263. The van der Waals surface area contributed by atoms with Gasteiger partial charge in [0.2, 0.25) is 0 Å². The first-order valence-corrected chi connectivity index (χ1v) is 5.29. The number of rotatable bonds is 3. The number of nitrogens with one attached hydrogen (secondary N) is 1. The summed E-state index contributed by atoms with van der Waals surface area (Å²) < 4.78 is 5.09. The van der Waals surface area contributed by atoms with Gasteiger partial charge in [-0.05, 0) is 30.7 Å². The van der Waals surface area contributed by atoms with Gasteiger partial charge in [-0.25, -0.2) is 0 Å². The Labute approximate surface area is 84.6 Å². The Hall–Kier alpha value is -0.800. The van der Waals surface area contributed by atoms with Crippen LogP contribution in [0.15, 0.2) is 23.0 Å². The van der Waals surface area contributed by atoms with Crippen LogP contribution in [0, 0.1) is 11.8 Å². The molecule has 1 aliphatic rings. The van der Waals surface area contributed by atoms with E-state index in [1.54, 1.807) is 12.5 Å². The Bertz CT molecular complexity index is 271. The van der Waals surface area contributed by atoms with Crippen LogP contribution in [-0.2, 0) is 0 Å². The average molecular weight is 194 g/mol. The van der Waals surface area contributed by atoms with Crippen LogP contribution in [0.4, 0.5) is 0 Å². The zero-order valence-electron chi connectivity index (χ0n) is 8.57. The first-order chi connectivity index (χ1) is 6.81. The van der Waals surface area contributed by atoms with Gasteiger partial charge in [-0.15, -0.1) is 0 Å². The lowest BCUT2D eigenvalue weighted by atomic mass is 9.93. The van der Waals surface area contributed by atoms with Gasteiger partial charge in [-0.1, -0.05) is 13.3 Å². The van der Waals surface area contributed by atoms with E-state index in [9.17, 15) is 0 Å². The normalized spacial score (nSPS) is 29.3. The number of furan rings is 1. The van der Waals surface area contributed by atoms with Crippen LogP contribution in [-0.4, -0.2) is 0 Å². The maximum Gasteiger partial charge on any atom is 0.0950 e. The molecule has 1 aromatic heterocycles. The maximum atomic E-state index is 5.60. The Balaban J connectivity index is 2.07. The molecule has 14 heavy (non-hydrogen) atoms. The fourth-order valence-corrected chi connectivity index (χ4v) is 2.51. The standard InChI is InChI=1S/C11H18N2O/c1-8-2-3-9(6-8)11(13-12)10-4-5-14-7-10/h4-5,7-9,11,13H,2-3,6,12H2,1H3. The van der Waals surface area contributed by atoms with Crippen molar-refractivity contribution in [2.45, 2.75) is 32.2 Å². The highest BCUT2D eigenvalue weighted by molar-refractivity contribution is 5.13. The summed E-state index contributed by atoms with van der Waals surface area (Å²) in [5.74, 6) is 7.09. The highest BCUT2D eigenvalue weighted by Gasteiger charge is 2.29. The summed E-state index contributed by atoms with van der Waals surface area (Å²) in [5.41, 5.74) is 4.08. The summed E-state index contributed by atoms with van der Waals surface area (Å²) in [7, 11) is 0. The first kappa shape index (κ1) is 9.74. The van der Waals surface area contributed by atoms with E-state index < -0.39 is 0 Å². The molecule has 0 saturated heterocycles. The van der Waals surface area contributed by atoms with Gasteiger partial charge in [-0.3, -0.25) is 11.3 Å². The lowest BCUT2D eigenvalue weighted by Crippen LogP contribution is -2.32. The molecule has 0 aliphatic heterocycles. The third-order valence-corrected chi connectivity index (χ3v) is 3.29. The molecule has 1 fully saturated rings. The van der Waals surface area contributed by atoms with Gasteiger partial charge in [0, 0.05) is 5.56 Å². The Morgan fingerprint density at radius 1 is 1.57 bits per heavy atom. The molecule has 0 bridgehead atoms. The molecule has 3 N–H and O–H groups in total. The summed E-state index contributed by atoms with van der Waals surface area (Å²) in [4.78, 5) is 0. The third-order valence-electron chi connectivity index (χ3n) is 3.29. The lowest BCUT2D eigenvalue weighted by molar-refractivity contribution is 0.361. The number of nitrogens with two attached hydrogens (primary N) is 1. The van der Waals surface area contributed by atoms with Gasteiger partial charge in [0.15, 0.2) is 0 Å². The van der Waals surface area contributed by atoms with Crippen molar-refractivity contribution in [1.82, 2.24) is 5.43 Å². The molecule has 2 rings (SSSR count). The van der Waals surface area contributed by atoms with Crippen molar-refractivity contribution in [2.24, 2.45) is 17.7 Å². The van der Waals surface area contributed by atoms with Crippen molar-refractivity contribution in [3.63, 3.8) is 0 Å². The van der Waals surface area contributed by atoms with Crippen LogP contribution < -0.4 is 11.3 Å². The van der Waals surface area contributed by atoms with E-state index in [0.717, 1.165) is 5.92 Å². The van der Waals surface area contributed by atoms with E-state index in [2.05, 4.69) is 12.3 Å². The third kappa shape index (κ3) is 1.83. The van der Waals surface area contributed by atoms with Crippen molar-refractivity contribution in [2.75, 3.05) is 0 Å². The molecule has 3 unspecified atom stereocenters. The molecule has 1 heterocycles. The topological polar surface area (TPSA) is 51.2 Å². The van der Waals surface area contributed by atoms with Crippen LogP contribution in [0.2, 0.25) is 0 Å². The van der Waals surface area contributed by atoms with Gasteiger partial charge in [0.25, 0.3) is 0 Å². The van der Waals surface area contributed by atoms with Gasteiger partial charge >= 0.3 is 0 Å². The van der Waals surface area contributed by atoms with Gasteiger partial charge in [-0.2, -0.15) is 0 Å². The zero-order chi connectivity index (χ0) is 9.97. The van der Waals surface area contributed by atoms with Crippen molar-refractivity contribution < 1.29 is 4.42 Å². The summed E-state index contributed by atoms with van der Waals surface area (Å²) in [6.45, 7) is 2.31. The molecule has 3 atom stereocenters. The molecular weight excluding hydrogens is 176 g/mol. The van der Waals surface area contributed by atoms with E-state index in [-0.39, 0.29) is 6.04 Å². The Morgan fingerprint density at radius 3 is 2.93 bits per heavy atom. The van der Waals surface area contributed by atoms with E-state index in [4.69, 9.17) is 10.3 Å². The SMILES string of the molecule is CC1CCC(C(NN)c2ccoc2)C1. The second-order valence-electron chi connectivity index (χ2n) is 4.38. The average Bonchev–Trinajstić information content (AvgIpc) is 2.79. The van der Waals surface area contributed by atoms with E-state index in [0.29, 0.717) is 5.92 Å². The zero-order valence-corrected chi connectivity index (χ0v) is 8.57. The van der Waals surface area contributed by atoms with E-state index >= 15 is 0 Å². The molecule has 0 amide bonds. The largest absolute Gasteiger partial charge is 0.472 e. The van der Waals surface area contributed by atoms with Gasteiger partial charge < -0.3 is 4.42 Å². The second-order valence-corrected chi connectivity index (χ2v) is 4.38.